The predicted molar refractivity (Wildman–Crippen MR) is 100 cm³/mol. The summed E-state index contributed by atoms with van der Waals surface area (Å²) in [6, 6.07) is 1.66. The lowest BCUT2D eigenvalue weighted by Crippen LogP contribution is -2.31. The summed E-state index contributed by atoms with van der Waals surface area (Å²) in [5.41, 5.74) is 1.91. The first-order chi connectivity index (χ1) is 13.1. The summed E-state index contributed by atoms with van der Waals surface area (Å²) in [5.74, 6) is 0.988. The molecule has 2 aliphatic rings. The van der Waals surface area contributed by atoms with E-state index in [0.717, 1.165) is 50.0 Å². The molecule has 1 aliphatic heterocycles. The average molecular weight is 390 g/mol. The Kier molecular flexibility index (Phi) is 5.31. The van der Waals surface area contributed by atoms with E-state index < -0.39 is 0 Å². The van der Waals surface area contributed by atoms with Crippen LogP contribution >= 0.6 is 11.8 Å². The summed E-state index contributed by atoms with van der Waals surface area (Å²) < 4.78 is 12.4. The quantitative estimate of drug-likeness (QED) is 0.594. The molecule has 1 saturated heterocycles. The van der Waals surface area contributed by atoms with Crippen molar-refractivity contribution in [2.45, 2.75) is 56.7 Å². The number of fused-ring (bicyclic) bond motifs is 1. The molecular formula is C18H22N4O4S. The molecule has 0 radical (unpaired) electrons. The number of hydrogen-bond acceptors (Lipinski definition) is 7. The van der Waals surface area contributed by atoms with Crippen LogP contribution < -0.4 is 11.0 Å². The molecule has 0 spiro atoms. The molecule has 0 bridgehead atoms. The molecule has 2 aromatic rings. The van der Waals surface area contributed by atoms with E-state index in [1.807, 2.05) is 0 Å². The molecule has 3 heterocycles. The number of carbonyl (C=O) groups is 1. The van der Waals surface area contributed by atoms with Gasteiger partial charge in [0, 0.05) is 23.9 Å². The second kappa shape index (κ2) is 7.85. The molecule has 9 heteroatoms. The van der Waals surface area contributed by atoms with Gasteiger partial charge in [-0.05, 0) is 39.0 Å². The number of anilines is 1. The molecule has 27 heavy (non-hydrogen) atoms. The van der Waals surface area contributed by atoms with Crippen molar-refractivity contribution in [2.24, 2.45) is 0 Å². The number of thioether (sulfide) groups is 1. The average Bonchev–Trinajstić information content (AvgIpc) is 3.38. The van der Waals surface area contributed by atoms with E-state index in [1.54, 1.807) is 17.6 Å². The van der Waals surface area contributed by atoms with Crippen molar-refractivity contribution >= 4 is 23.5 Å². The third kappa shape index (κ3) is 4.08. The number of nitrogens with one attached hydrogen (secondary N) is 1. The first-order valence-electron chi connectivity index (χ1n) is 9.20. The SMILES string of the molecule is Cc1cc(NC(=O)CSc2nc(=O)n(C[C@@H]3CCCO3)c3c2CCC3)no1. The molecule has 1 aliphatic carbocycles. The van der Waals surface area contributed by atoms with Crippen LogP contribution in [0.5, 0.6) is 0 Å². The minimum atomic E-state index is -0.249. The van der Waals surface area contributed by atoms with E-state index >= 15 is 0 Å². The Bertz CT molecular complexity index is 901. The van der Waals surface area contributed by atoms with Gasteiger partial charge in [0.05, 0.1) is 18.4 Å². The van der Waals surface area contributed by atoms with Crippen LogP contribution in [-0.4, -0.2) is 39.1 Å². The first-order valence-corrected chi connectivity index (χ1v) is 10.2. The van der Waals surface area contributed by atoms with Gasteiger partial charge in [-0.1, -0.05) is 16.9 Å². The molecule has 2 aromatic heterocycles. The van der Waals surface area contributed by atoms with Gasteiger partial charge < -0.3 is 14.6 Å². The summed E-state index contributed by atoms with van der Waals surface area (Å²) >= 11 is 1.30. The molecule has 1 fully saturated rings. The van der Waals surface area contributed by atoms with E-state index in [9.17, 15) is 9.59 Å². The van der Waals surface area contributed by atoms with Crippen LogP contribution in [0.4, 0.5) is 5.82 Å². The van der Waals surface area contributed by atoms with Crippen molar-refractivity contribution in [1.29, 1.82) is 0 Å². The van der Waals surface area contributed by atoms with Gasteiger partial charge in [0.15, 0.2) is 5.82 Å². The predicted octanol–water partition coefficient (Wildman–Crippen LogP) is 1.94. The number of amides is 1. The summed E-state index contributed by atoms with van der Waals surface area (Å²) in [5, 5.41) is 7.10. The van der Waals surface area contributed by atoms with Gasteiger partial charge in [-0.25, -0.2) is 4.79 Å². The number of nitrogens with zero attached hydrogens (tertiary/aromatic N) is 3. The fourth-order valence-electron chi connectivity index (χ4n) is 3.62. The molecule has 1 amide bonds. The van der Waals surface area contributed by atoms with Gasteiger partial charge in [0.1, 0.15) is 10.8 Å². The van der Waals surface area contributed by atoms with E-state index in [1.165, 1.54) is 11.8 Å². The lowest BCUT2D eigenvalue weighted by atomic mass is 10.2. The lowest BCUT2D eigenvalue weighted by molar-refractivity contribution is -0.113. The molecule has 1 atom stereocenters. The Morgan fingerprint density at radius 3 is 3.04 bits per heavy atom. The van der Waals surface area contributed by atoms with Crippen LogP contribution in [-0.2, 0) is 28.9 Å². The zero-order valence-corrected chi connectivity index (χ0v) is 16.0. The maximum absolute atomic E-state index is 12.6. The Hall–Kier alpha value is -2.13. The van der Waals surface area contributed by atoms with E-state index in [4.69, 9.17) is 9.26 Å². The molecule has 8 nitrogen and oxygen atoms in total. The Labute approximate surface area is 160 Å². The van der Waals surface area contributed by atoms with Gasteiger partial charge in [0.2, 0.25) is 5.91 Å². The van der Waals surface area contributed by atoms with Gasteiger partial charge in [-0.3, -0.25) is 9.36 Å². The largest absolute Gasteiger partial charge is 0.376 e. The number of aryl methyl sites for hydroxylation is 1. The maximum atomic E-state index is 12.6. The smallest absolute Gasteiger partial charge is 0.348 e. The van der Waals surface area contributed by atoms with E-state index in [-0.39, 0.29) is 23.5 Å². The lowest BCUT2D eigenvalue weighted by Gasteiger charge is -2.17. The number of carbonyl (C=O) groups excluding carboxylic acids is 1. The van der Waals surface area contributed by atoms with Crippen LogP contribution in [0.2, 0.25) is 0 Å². The third-order valence-corrected chi connectivity index (χ3v) is 5.86. The Morgan fingerprint density at radius 2 is 2.30 bits per heavy atom. The van der Waals surface area contributed by atoms with Gasteiger partial charge >= 0.3 is 5.69 Å². The summed E-state index contributed by atoms with van der Waals surface area (Å²) in [7, 11) is 0. The molecule has 144 valence electrons. The standard InChI is InChI=1S/C18H22N4O4S/c1-11-8-15(21-26-11)19-16(23)10-27-17-13-5-2-6-14(13)22(18(24)20-17)9-12-4-3-7-25-12/h8,12H,2-7,9-10H2,1H3,(H,19,21,23)/t12-/m0/s1. The molecule has 0 aromatic carbocycles. The molecule has 4 rings (SSSR count). The maximum Gasteiger partial charge on any atom is 0.348 e. The monoisotopic (exact) mass is 390 g/mol. The van der Waals surface area contributed by atoms with E-state index in [2.05, 4.69) is 15.5 Å². The normalized spacial score (nSPS) is 18.6. The second-order valence-electron chi connectivity index (χ2n) is 6.88. The summed E-state index contributed by atoms with van der Waals surface area (Å²) in [6.45, 7) is 3.10. The van der Waals surface area contributed by atoms with Crippen molar-refractivity contribution in [3.05, 3.63) is 33.6 Å². The minimum Gasteiger partial charge on any atom is -0.376 e. The highest BCUT2D eigenvalue weighted by molar-refractivity contribution is 8.00. The fourth-order valence-corrected chi connectivity index (χ4v) is 4.50. The molecule has 0 unspecified atom stereocenters. The van der Waals surface area contributed by atoms with Gasteiger partial charge in [-0.2, -0.15) is 4.98 Å². The zero-order valence-electron chi connectivity index (χ0n) is 15.2. The molecule has 0 saturated carbocycles. The number of hydrogen-bond donors (Lipinski definition) is 1. The highest BCUT2D eigenvalue weighted by Gasteiger charge is 2.25. The van der Waals surface area contributed by atoms with Crippen molar-refractivity contribution in [1.82, 2.24) is 14.7 Å². The fraction of sp³-hybridized carbons (Fsp3) is 0.556. The Morgan fingerprint density at radius 1 is 1.41 bits per heavy atom. The molecular weight excluding hydrogens is 368 g/mol. The van der Waals surface area contributed by atoms with Crippen LogP contribution in [0.1, 0.15) is 36.3 Å². The van der Waals surface area contributed by atoms with Crippen LogP contribution in [0.3, 0.4) is 0 Å². The number of ether oxygens (including phenoxy) is 1. The topological polar surface area (TPSA) is 99.2 Å². The van der Waals surface area contributed by atoms with Crippen molar-refractivity contribution in [3.63, 3.8) is 0 Å². The van der Waals surface area contributed by atoms with Crippen LogP contribution in [0.25, 0.3) is 0 Å². The van der Waals surface area contributed by atoms with E-state index in [0.29, 0.717) is 23.1 Å². The van der Waals surface area contributed by atoms with Crippen LogP contribution in [0, 0.1) is 6.92 Å². The summed E-state index contributed by atoms with van der Waals surface area (Å²) in [4.78, 5) is 29.0. The number of aromatic nitrogens is 3. The molecule has 1 N–H and O–H groups in total. The Balaban J connectivity index is 1.46. The van der Waals surface area contributed by atoms with Gasteiger partial charge in [-0.15, -0.1) is 0 Å². The van der Waals surface area contributed by atoms with Crippen LogP contribution in [0.15, 0.2) is 20.4 Å². The summed E-state index contributed by atoms with van der Waals surface area (Å²) in [6.07, 6.45) is 4.90. The van der Waals surface area contributed by atoms with Crippen molar-refractivity contribution in [3.8, 4) is 0 Å². The highest BCUT2D eigenvalue weighted by Crippen LogP contribution is 2.30. The number of rotatable bonds is 6. The third-order valence-electron chi connectivity index (χ3n) is 4.85. The minimum absolute atomic E-state index is 0.101. The van der Waals surface area contributed by atoms with Crippen molar-refractivity contribution in [2.75, 3.05) is 17.7 Å². The zero-order chi connectivity index (χ0) is 18.8. The second-order valence-corrected chi connectivity index (χ2v) is 7.85. The van der Waals surface area contributed by atoms with Crippen molar-refractivity contribution < 1.29 is 14.1 Å². The van der Waals surface area contributed by atoms with Gasteiger partial charge in [0.25, 0.3) is 0 Å². The highest BCUT2D eigenvalue weighted by atomic mass is 32.2. The first kappa shape index (κ1) is 18.2.